The average molecular weight is 236 g/mol. The number of nitrogens with one attached hydrogen (secondary N) is 1. The van der Waals surface area contributed by atoms with E-state index >= 15 is 0 Å². The minimum Gasteiger partial charge on any atom is -0.352 e. The van der Waals surface area contributed by atoms with Gasteiger partial charge < -0.3 is 5.32 Å². The molecule has 1 aliphatic rings. The monoisotopic (exact) mass is 236 g/mol. The summed E-state index contributed by atoms with van der Waals surface area (Å²) in [5.74, 6) is 0.0820. The van der Waals surface area contributed by atoms with Crippen molar-refractivity contribution in [3.63, 3.8) is 0 Å². The summed E-state index contributed by atoms with van der Waals surface area (Å²) >= 11 is 1.82. The normalized spacial score (nSPS) is 15.5. The van der Waals surface area contributed by atoms with E-state index < -0.39 is 0 Å². The molecule has 0 unspecified atom stereocenters. The quantitative estimate of drug-likeness (QED) is 0.802. The third-order valence-electron chi connectivity index (χ3n) is 2.70. The van der Waals surface area contributed by atoms with Crippen LogP contribution >= 0.6 is 11.3 Å². The first-order valence-electron chi connectivity index (χ1n) is 5.45. The fourth-order valence-electron chi connectivity index (χ4n) is 1.89. The van der Waals surface area contributed by atoms with Gasteiger partial charge in [0.25, 0.3) is 0 Å². The van der Waals surface area contributed by atoms with Gasteiger partial charge in [-0.05, 0) is 23.4 Å². The van der Waals surface area contributed by atoms with E-state index in [1.54, 1.807) is 6.08 Å². The molecule has 0 aliphatic carbocycles. The maximum atomic E-state index is 11.5. The summed E-state index contributed by atoms with van der Waals surface area (Å²) in [4.78, 5) is 15.2. The molecule has 0 saturated carbocycles. The highest BCUT2D eigenvalue weighted by molar-refractivity contribution is 7.10. The molecule has 0 spiro atoms. The summed E-state index contributed by atoms with van der Waals surface area (Å²) in [6, 6.07) is 2.16. The molecular formula is C12H16N2OS. The summed E-state index contributed by atoms with van der Waals surface area (Å²) in [5.41, 5.74) is 1.38. The lowest BCUT2D eigenvalue weighted by Crippen LogP contribution is -2.39. The van der Waals surface area contributed by atoms with Gasteiger partial charge in [-0.25, -0.2) is 0 Å². The van der Waals surface area contributed by atoms with Crippen LogP contribution in [-0.4, -0.2) is 30.4 Å². The number of thiophene rings is 1. The lowest BCUT2D eigenvalue weighted by atomic mass is 10.1. The van der Waals surface area contributed by atoms with Gasteiger partial charge in [0.15, 0.2) is 0 Å². The Hall–Kier alpha value is -1.13. The number of rotatable bonds is 4. The predicted octanol–water partition coefficient (Wildman–Crippen LogP) is 1.41. The van der Waals surface area contributed by atoms with Crippen LogP contribution in [0.1, 0.15) is 10.4 Å². The lowest BCUT2D eigenvalue weighted by molar-refractivity contribution is -0.122. The molecule has 1 amide bonds. The van der Waals surface area contributed by atoms with E-state index in [0.29, 0.717) is 13.1 Å². The maximum absolute atomic E-state index is 11.5. The molecule has 16 heavy (non-hydrogen) atoms. The second kappa shape index (κ2) is 5.27. The Balaban J connectivity index is 1.85. The molecule has 1 N–H and O–H groups in total. The fourth-order valence-corrected chi connectivity index (χ4v) is 2.78. The van der Waals surface area contributed by atoms with Crippen LogP contribution < -0.4 is 5.32 Å². The molecule has 1 aliphatic heterocycles. The average Bonchev–Trinajstić information content (AvgIpc) is 2.73. The fraction of sp³-hybridized carbons (Fsp3) is 0.417. The van der Waals surface area contributed by atoms with Gasteiger partial charge in [-0.2, -0.15) is 0 Å². The van der Waals surface area contributed by atoms with Gasteiger partial charge in [0, 0.05) is 24.5 Å². The second-order valence-corrected chi connectivity index (χ2v) is 4.92. The molecule has 0 fully saturated rings. The van der Waals surface area contributed by atoms with E-state index in [1.165, 1.54) is 10.4 Å². The molecule has 86 valence electrons. The largest absolute Gasteiger partial charge is 0.352 e. The molecule has 0 atom stereocenters. The molecule has 3 nitrogen and oxygen atoms in total. The highest BCUT2D eigenvalue weighted by Crippen LogP contribution is 2.23. The number of fused-ring (bicyclic) bond motifs is 1. The summed E-state index contributed by atoms with van der Waals surface area (Å²) in [6.45, 7) is 6.50. The summed E-state index contributed by atoms with van der Waals surface area (Å²) < 4.78 is 0. The van der Waals surface area contributed by atoms with Gasteiger partial charge in [0.05, 0.1) is 6.54 Å². The van der Waals surface area contributed by atoms with Gasteiger partial charge in [0.1, 0.15) is 0 Å². The minimum absolute atomic E-state index is 0.0820. The summed E-state index contributed by atoms with van der Waals surface area (Å²) in [5, 5.41) is 4.93. The first-order chi connectivity index (χ1) is 7.79. The smallest absolute Gasteiger partial charge is 0.234 e. The van der Waals surface area contributed by atoms with E-state index in [0.717, 1.165) is 19.5 Å². The SMILES string of the molecule is C=CCNC(=O)CN1CCc2sccc2C1. The Morgan fingerprint density at radius 3 is 3.38 bits per heavy atom. The van der Waals surface area contributed by atoms with Crippen molar-refractivity contribution < 1.29 is 4.79 Å². The van der Waals surface area contributed by atoms with E-state index in [9.17, 15) is 4.79 Å². The van der Waals surface area contributed by atoms with Crippen molar-refractivity contribution in [1.29, 1.82) is 0 Å². The van der Waals surface area contributed by atoms with Gasteiger partial charge in [0.2, 0.25) is 5.91 Å². The van der Waals surface area contributed by atoms with E-state index in [4.69, 9.17) is 0 Å². The number of carbonyl (C=O) groups is 1. The summed E-state index contributed by atoms with van der Waals surface area (Å²) in [6.07, 6.45) is 2.77. The van der Waals surface area contributed by atoms with Crippen molar-refractivity contribution >= 4 is 17.2 Å². The van der Waals surface area contributed by atoms with E-state index in [-0.39, 0.29) is 5.91 Å². The zero-order valence-corrected chi connectivity index (χ0v) is 10.1. The zero-order chi connectivity index (χ0) is 11.4. The number of carbonyl (C=O) groups excluding carboxylic acids is 1. The topological polar surface area (TPSA) is 32.3 Å². The third-order valence-corrected chi connectivity index (χ3v) is 3.72. The van der Waals surface area contributed by atoms with Crippen molar-refractivity contribution in [2.75, 3.05) is 19.6 Å². The van der Waals surface area contributed by atoms with Crippen LogP contribution in [0.2, 0.25) is 0 Å². The van der Waals surface area contributed by atoms with Crippen molar-refractivity contribution in [2.45, 2.75) is 13.0 Å². The Kier molecular flexibility index (Phi) is 3.74. The standard InChI is InChI=1S/C12H16N2OS/c1-2-5-13-12(15)9-14-6-3-11-10(8-14)4-7-16-11/h2,4,7H,1,3,5-6,8-9H2,(H,13,15). The van der Waals surface area contributed by atoms with E-state index in [2.05, 4.69) is 28.2 Å². The van der Waals surface area contributed by atoms with Crippen LogP contribution in [0.4, 0.5) is 0 Å². The Labute approximate surface area is 99.8 Å². The van der Waals surface area contributed by atoms with Crippen LogP contribution in [0.5, 0.6) is 0 Å². The van der Waals surface area contributed by atoms with Gasteiger partial charge in [-0.15, -0.1) is 17.9 Å². The zero-order valence-electron chi connectivity index (χ0n) is 9.24. The lowest BCUT2D eigenvalue weighted by Gasteiger charge is -2.25. The molecule has 2 rings (SSSR count). The Bertz CT molecular complexity index is 386. The van der Waals surface area contributed by atoms with Gasteiger partial charge in [-0.3, -0.25) is 9.69 Å². The number of hydrogen-bond donors (Lipinski definition) is 1. The molecule has 0 aromatic carbocycles. The third kappa shape index (κ3) is 2.71. The molecule has 0 bridgehead atoms. The van der Waals surface area contributed by atoms with Crippen LogP contribution in [0.3, 0.4) is 0 Å². The number of amides is 1. The molecule has 1 aromatic rings. The van der Waals surface area contributed by atoms with Gasteiger partial charge >= 0.3 is 0 Å². The highest BCUT2D eigenvalue weighted by atomic mass is 32.1. The molecule has 2 heterocycles. The predicted molar refractivity (Wildman–Crippen MR) is 66.5 cm³/mol. The minimum atomic E-state index is 0.0820. The number of hydrogen-bond acceptors (Lipinski definition) is 3. The highest BCUT2D eigenvalue weighted by Gasteiger charge is 2.18. The van der Waals surface area contributed by atoms with Crippen LogP contribution in [0.15, 0.2) is 24.1 Å². The molecule has 4 heteroatoms. The number of nitrogens with zero attached hydrogens (tertiary/aromatic N) is 1. The van der Waals surface area contributed by atoms with Crippen molar-refractivity contribution in [1.82, 2.24) is 10.2 Å². The second-order valence-electron chi connectivity index (χ2n) is 3.92. The first-order valence-corrected chi connectivity index (χ1v) is 6.33. The van der Waals surface area contributed by atoms with Crippen molar-refractivity contribution in [2.24, 2.45) is 0 Å². The molecule has 0 radical (unpaired) electrons. The van der Waals surface area contributed by atoms with Gasteiger partial charge in [-0.1, -0.05) is 6.08 Å². The molecule has 0 saturated heterocycles. The van der Waals surface area contributed by atoms with Crippen molar-refractivity contribution in [3.05, 3.63) is 34.5 Å². The van der Waals surface area contributed by atoms with Crippen LogP contribution in [-0.2, 0) is 17.8 Å². The van der Waals surface area contributed by atoms with E-state index in [1.807, 2.05) is 11.3 Å². The molecule has 1 aromatic heterocycles. The van der Waals surface area contributed by atoms with Crippen LogP contribution in [0.25, 0.3) is 0 Å². The first kappa shape index (κ1) is 11.4. The Morgan fingerprint density at radius 2 is 2.56 bits per heavy atom. The molecular weight excluding hydrogens is 220 g/mol. The van der Waals surface area contributed by atoms with Crippen molar-refractivity contribution in [3.8, 4) is 0 Å². The maximum Gasteiger partial charge on any atom is 0.234 e. The van der Waals surface area contributed by atoms with Crippen LogP contribution in [0, 0.1) is 0 Å². The Morgan fingerprint density at radius 1 is 1.69 bits per heavy atom. The summed E-state index contributed by atoms with van der Waals surface area (Å²) in [7, 11) is 0.